The molecule has 14 heteroatoms. The number of aliphatic imine (C=N–C) groups is 1. The topological polar surface area (TPSA) is 113 Å². The first-order chi connectivity index (χ1) is 22.4. The fourth-order valence-corrected chi connectivity index (χ4v) is 9.46. The van der Waals surface area contributed by atoms with E-state index in [1.54, 1.807) is 41.0 Å². The van der Waals surface area contributed by atoms with E-state index in [-0.39, 0.29) is 51.4 Å². The molecule has 2 aliphatic rings. The molecule has 0 unspecified atom stereocenters. The second kappa shape index (κ2) is 13.5. The number of amidine groups is 1. The average Bonchev–Trinajstić information content (AvgIpc) is 3.24. The molecule has 1 fully saturated rings. The molecule has 3 aromatic rings. The lowest BCUT2D eigenvalue weighted by atomic mass is 9.71. The first-order valence-electron chi connectivity index (χ1n) is 15.4. The zero-order valence-corrected chi connectivity index (χ0v) is 31.2. The molecule has 2 heterocycles. The minimum Gasteiger partial charge on any atom is -0.493 e. The van der Waals surface area contributed by atoms with Crippen molar-refractivity contribution in [1.29, 1.82) is 0 Å². The minimum atomic E-state index is -3.80. The molecule has 0 bridgehead atoms. The molecule has 5 rings (SSSR count). The highest BCUT2D eigenvalue weighted by Crippen LogP contribution is 2.54. The van der Waals surface area contributed by atoms with Gasteiger partial charge in [-0.3, -0.25) is 9.89 Å². The Bertz CT molecular complexity index is 1960. The number of halogens is 3. The zero-order chi connectivity index (χ0) is 35.2. The van der Waals surface area contributed by atoms with Crippen LogP contribution in [0.3, 0.4) is 0 Å². The van der Waals surface area contributed by atoms with E-state index in [4.69, 9.17) is 44.5 Å². The summed E-state index contributed by atoms with van der Waals surface area (Å²) in [6, 6.07) is 16.9. The third-order valence-electron chi connectivity index (χ3n) is 9.34. The Labute approximate surface area is 297 Å². The highest BCUT2D eigenvalue weighted by Gasteiger charge is 2.60. The summed E-state index contributed by atoms with van der Waals surface area (Å²) in [5.41, 5.74) is -0.618. The van der Waals surface area contributed by atoms with Crippen LogP contribution in [0.5, 0.6) is 5.75 Å². The van der Waals surface area contributed by atoms with Gasteiger partial charge in [-0.15, -0.1) is 0 Å². The van der Waals surface area contributed by atoms with Crippen LogP contribution in [0.2, 0.25) is 15.1 Å². The summed E-state index contributed by atoms with van der Waals surface area (Å²) in [6.45, 7) is 6.51. The fraction of sp³-hybridized carbons (Fsp3) is 0.412. The van der Waals surface area contributed by atoms with Gasteiger partial charge in [0.2, 0.25) is 0 Å². The summed E-state index contributed by atoms with van der Waals surface area (Å²) in [4.78, 5) is 23.5. The van der Waals surface area contributed by atoms with Crippen LogP contribution < -0.4 is 4.74 Å². The normalized spacial score (nSPS) is 22.1. The van der Waals surface area contributed by atoms with Gasteiger partial charge < -0.3 is 9.64 Å². The van der Waals surface area contributed by atoms with Crippen molar-refractivity contribution in [2.45, 2.75) is 49.6 Å². The number of rotatable bonds is 8. The Morgan fingerprint density at radius 1 is 0.896 bits per heavy atom. The summed E-state index contributed by atoms with van der Waals surface area (Å²) < 4.78 is 55.9. The van der Waals surface area contributed by atoms with Crippen LogP contribution in [0.25, 0.3) is 0 Å². The maximum absolute atomic E-state index is 15.0. The van der Waals surface area contributed by atoms with Crippen molar-refractivity contribution in [3.05, 3.63) is 92.4 Å². The van der Waals surface area contributed by atoms with Crippen molar-refractivity contribution in [3.8, 4) is 5.75 Å². The molecule has 0 aliphatic carbocycles. The third kappa shape index (κ3) is 6.94. The van der Waals surface area contributed by atoms with Crippen molar-refractivity contribution in [2.75, 3.05) is 38.0 Å². The average molecular weight is 755 g/mol. The maximum atomic E-state index is 15.0. The molecular formula is C34H38Cl3N3O6S2. The number of urea groups is 1. The molecule has 2 aliphatic heterocycles. The van der Waals surface area contributed by atoms with Crippen LogP contribution >= 0.6 is 34.8 Å². The number of amides is 2. The van der Waals surface area contributed by atoms with Crippen LogP contribution in [-0.4, -0.2) is 76.5 Å². The Kier molecular flexibility index (Phi) is 10.2. The number of piperidine rings is 1. The van der Waals surface area contributed by atoms with E-state index in [2.05, 4.69) is 0 Å². The van der Waals surface area contributed by atoms with E-state index < -0.39 is 30.8 Å². The zero-order valence-electron chi connectivity index (χ0n) is 27.3. The molecule has 3 aromatic carbocycles. The lowest BCUT2D eigenvalue weighted by Crippen LogP contribution is -2.59. The molecule has 9 nitrogen and oxygen atoms in total. The number of sulfone groups is 2. The fourth-order valence-electron chi connectivity index (χ4n) is 6.70. The van der Waals surface area contributed by atoms with Gasteiger partial charge in [-0.05, 0) is 81.0 Å². The van der Waals surface area contributed by atoms with E-state index in [0.29, 0.717) is 36.0 Å². The second-order valence-electron chi connectivity index (χ2n) is 12.7. The van der Waals surface area contributed by atoms with Gasteiger partial charge in [0.1, 0.15) is 32.5 Å². The van der Waals surface area contributed by atoms with Gasteiger partial charge >= 0.3 is 6.03 Å². The van der Waals surface area contributed by atoms with E-state index in [1.165, 1.54) is 18.4 Å². The summed E-state index contributed by atoms with van der Waals surface area (Å²) in [7, 11) is -6.99. The Hall–Kier alpha value is -2.83. The highest BCUT2D eigenvalue weighted by molar-refractivity contribution is 7.91. The first kappa shape index (κ1) is 36.5. The lowest BCUT2D eigenvalue weighted by molar-refractivity contribution is 0.0980. The second-order valence-corrected chi connectivity index (χ2v) is 18.2. The van der Waals surface area contributed by atoms with E-state index in [1.807, 2.05) is 38.1 Å². The molecule has 258 valence electrons. The number of likely N-dealkylation sites (tertiary alicyclic amines) is 1. The molecule has 1 saturated heterocycles. The summed E-state index contributed by atoms with van der Waals surface area (Å²) in [6.07, 6.45) is 3.30. The highest BCUT2D eigenvalue weighted by atomic mass is 35.5. The molecule has 0 aromatic heterocycles. The number of hydrogen-bond donors (Lipinski definition) is 0. The predicted molar refractivity (Wildman–Crippen MR) is 191 cm³/mol. The molecule has 48 heavy (non-hydrogen) atoms. The molecule has 0 radical (unpaired) electrons. The van der Waals surface area contributed by atoms with Crippen molar-refractivity contribution in [1.82, 2.24) is 9.80 Å². The van der Waals surface area contributed by atoms with Gasteiger partial charge in [0.05, 0.1) is 27.8 Å². The van der Waals surface area contributed by atoms with Crippen LogP contribution in [0, 0.1) is 5.92 Å². The molecule has 0 spiro atoms. The monoisotopic (exact) mass is 753 g/mol. The van der Waals surface area contributed by atoms with Crippen LogP contribution in [0.1, 0.15) is 50.3 Å². The van der Waals surface area contributed by atoms with E-state index in [0.717, 1.165) is 17.4 Å². The van der Waals surface area contributed by atoms with Gasteiger partial charge in [-0.25, -0.2) is 21.6 Å². The summed E-state index contributed by atoms with van der Waals surface area (Å²) in [5, 5.41) is 1.02. The SMILES string of the molecule is CCOc1cc(Cl)c(S(C)(=O)=O)cc1C1=N[C@@](C)(c2ccc(Cl)cc2)[C@@](C)(c2ccc(Cl)cc2)N1C(=O)N1CCC(CS(C)(=O)=O)CC1. The quantitative estimate of drug-likeness (QED) is 0.240. The van der Waals surface area contributed by atoms with Gasteiger partial charge in [-0.2, -0.15) is 0 Å². The van der Waals surface area contributed by atoms with Crippen molar-refractivity contribution < 1.29 is 26.4 Å². The van der Waals surface area contributed by atoms with Gasteiger partial charge in [-0.1, -0.05) is 59.1 Å². The van der Waals surface area contributed by atoms with Crippen molar-refractivity contribution in [3.63, 3.8) is 0 Å². The Morgan fingerprint density at radius 3 is 1.94 bits per heavy atom. The minimum absolute atomic E-state index is 0.0185. The third-order valence-corrected chi connectivity index (χ3v) is 12.5. The van der Waals surface area contributed by atoms with Crippen molar-refractivity contribution >= 4 is 66.3 Å². The van der Waals surface area contributed by atoms with E-state index in [9.17, 15) is 16.8 Å². The number of hydrogen-bond acceptors (Lipinski definition) is 7. The molecule has 2 amide bonds. The van der Waals surface area contributed by atoms with Crippen LogP contribution in [-0.2, 0) is 30.8 Å². The maximum Gasteiger partial charge on any atom is 0.326 e. The number of nitrogens with zero attached hydrogens (tertiary/aromatic N) is 3. The Balaban J connectivity index is 1.78. The Morgan fingerprint density at radius 2 is 1.44 bits per heavy atom. The number of carbonyl (C=O) groups is 1. The first-order valence-corrected chi connectivity index (χ1v) is 20.5. The summed E-state index contributed by atoms with van der Waals surface area (Å²) >= 11 is 19.1. The van der Waals surface area contributed by atoms with Crippen LogP contribution in [0.15, 0.2) is 70.6 Å². The van der Waals surface area contributed by atoms with E-state index >= 15 is 4.79 Å². The molecule has 0 N–H and O–H groups in total. The number of ether oxygens (including phenoxy) is 1. The van der Waals surface area contributed by atoms with Crippen LogP contribution in [0.4, 0.5) is 4.79 Å². The molecular weight excluding hydrogens is 717 g/mol. The predicted octanol–water partition coefficient (Wildman–Crippen LogP) is 7.22. The summed E-state index contributed by atoms with van der Waals surface area (Å²) in [5.74, 6) is 0.436. The molecule has 2 atom stereocenters. The van der Waals surface area contributed by atoms with Crippen molar-refractivity contribution in [2.24, 2.45) is 10.9 Å². The standard InChI is InChI=1S/C34H38Cl3N3O6S2/c1-6-46-29-20-28(37)30(48(5,44)45)19-27(29)31-38-33(2,23-7-11-25(35)12-8-23)34(3,24-9-13-26(36)14-10-24)40(31)32(41)39-17-15-22(16-18-39)21-47(4,42)43/h7-14,19-20,22H,6,15-18,21H2,1-5H3/t33-,34+/m0/s1. The molecule has 0 saturated carbocycles. The number of benzene rings is 3. The smallest absolute Gasteiger partial charge is 0.326 e. The van der Waals surface area contributed by atoms with Gasteiger partial charge in [0.25, 0.3) is 0 Å². The largest absolute Gasteiger partial charge is 0.493 e. The van der Waals surface area contributed by atoms with Gasteiger partial charge in [0, 0.05) is 41.7 Å². The number of carbonyl (C=O) groups excluding carboxylic acids is 1. The lowest BCUT2D eigenvalue weighted by Gasteiger charge is -2.47. The van der Waals surface area contributed by atoms with Gasteiger partial charge in [0.15, 0.2) is 9.84 Å².